The van der Waals surface area contributed by atoms with Gasteiger partial charge in [-0.25, -0.2) is 0 Å². The maximum atomic E-state index is 11.5. The normalized spacial score (nSPS) is 11.4. The lowest BCUT2D eigenvalue weighted by molar-refractivity contribution is 0.0810. The van der Waals surface area contributed by atoms with Gasteiger partial charge < -0.3 is 5.11 Å². The zero-order valence-corrected chi connectivity index (χ0v) is 12.7. The van der Waals surface area contributed by atoms with E-state index < -0.39 is 5.60 Å². The van der Waals surface area contributed by atoms with Gasteiger partial charge in [-0.2, -0.15) is 0 Å². The molecule has 0 saturated carbocycles. The Balaban J connectivity index is 2.10. The van der Waals surface area contributed by atoms with Crippen LogP contribution in [0.1, 0.15) is 22.3 Å². The molecule has 0 aliphatic heterocycles. The lowest BCUT2D eigenvalue weighted by atomic mass is 9.80. The highest BCUT2D eigenvalue weighted by Crippen LogP contribution is 2.33. The van der Waals surface area contributed by atoms with Crippen molar-refractivity contribution in [2.75, 3.05) is 0 Å². The minimum atomic E-state index is -1.02. The molecule has 0 aromatic heterocycles. The van der Waals surface area contributed by atoms with E-state index in [9.17, 15) is 5.11 Å². The number of benzene rings is 3. The molecule has 0 heterocycles. The fourth-order valence-electron chi connectivity index (χ4n) is 2.88. The maximum absolute atomic E-state index is 11.5. The Morgan fingerprint density at radius 3 is 1.64 bits per heavy atom. The SMILES string of the molecule is Cc1ccccc1CC(O)(c1ccccc1)c1ccccc1. The summed E-state index contributed by atoms with van der Waals surface area (Å²) in [4.78, 5) is 0. The highest BCUT2D eigenvalue weighted by molar-refractivity contribution is 5.39. The van der Waals surface area contributed by atoms with Crippen LogP contribution in [0.2, 0.25) is 0 Å². The van der Waals surface area contributed by atoms with E-state index >= 15 is 0 Å². The highest BCUT2D eigenvalue weighted by Gasteiger charge is 2.31. The van der Waals surface area contributed by atoms with Gasteiger partial charge in [0, 0.05) is 6.42 Å². The third-order valence-electron chi connectivity index (χ3n) is 4.21. The van der Waals surface area contributed by atoms with E-state index in [1.54, 1.807) is 0 Å². The zero-order chi connectivity index (χ0) is 15.4. The predicted octanol–water partition coefficient (Wildman–Crippen LogP) is 4.47. The topological polar surface area (TPSA) is 20.2 Å². The van der Waals surface area contributed by atoms with Crippen molar-refractivity contribution in [3.8, 4) is 0 Å². The minimum Gasteiger partial charge on any atom is -0.380 e. The summed E-state index contributed by atoms with van der Waals surface area (Å²) in [6.45, 7) is 2.09. The number of aryl methyl sites for hydroxylation is 1. The second-order valence-electron chi connectivity index (χ2n) is 5.70. The van der Waals surface area contributed by atoms with Crippen molar-refractivity contribution in [1.82, 2.24) is 0 Å². The molecule has 1 N–H and O–H groups in total. The van der Waals surface area contributed by atoms with Gasteiger partial charge in [0.25, 0.3) is 0 Å². The Hall–Kier alpha value is -2.38. The molecule has 3 rings (SSSR count). The van der Waals surface area contributed by atoms with Gasteiger partial charge in [-0.3, -0.25) is 0 Å². The number of rotatable bonds is 4. The first kappa shape index (κ1) is 14.6. The lowest BCUT2D eigenvalue weighted by Crippen LogP contribution is -2.30. The second kappa shape index (κ2) is 6.17. The summed E-state index contributed by atoms with van der Waals surface area (Å²) in [5.74, 6) is 0. The number of aliphatic hydroxyl groups is 1. The van der Waals surface area contributed by atoms with Gasteiger partial charge in [0.2, 0.25) is 0 Å². The van der Waals surface area contributed by atoms with Gasteiger partial charge in [-0.15, -0.1) is 0 Å². The average Bonchev–Trinajstić information content (AvgIpc) is 2.58. The second-order valence-corrected chi connectivity index (χ2v) is 5.70. The van der Waals surface area contributed by atoms with Crippen LogP contribution in [-0.2, 0) is 12.0 Å². The average molecular weight is 288 g/mol. The molecule has 0 aliphatic carbocycles. The van der Waals surface area contributed by atoms with Crippen molar-refractivity contribution in [3.05, 3.63) is 107 Å². The Kier molecular flexibility index (Phi) is 4.08. The summed E-state index contributed by atoms with van der Waals surface area (Å²) in [5.41, 5.74) is 3.19. The zero-order valence-electron chi connectivity index (χ0n) is 12.7. The first-order valence-electron chi connectivity index (χ1n) is 7.58. The number of hydrogen-bond donors (Lipinski definition) is 1. The van der Waals surface area contributed by atoms with E-state index in [1.807, 2.05) is 72.8 Å². The molecule has 1 nitrogen and oxygen atoms in total. The predicted molar refractivity (Wildman–Crippen MR) is 90.8 cm³/mol. The first-order valence-corrected chi connectivity index (χ1v) is 7.58. The standard InChI is InChI=1S/C21H20O/c1-17-10-8-9-11-18(17)16-21(22,19-12-4-2-5-13-19)20-14-6-3-7-15-20/h2-15,22H,16H2,1H3. The molecule has 110 valence electrons. The molecule has 0 amide bonds. The van der Waals surface area contributed by atoms with E-state index in [0.717, 1.165) is 16.7 Å². The monoisotopic (exact) mass is 288 g/mol. The summed E-state index contributed by atoms with van der Waals surface area (Å²) in [6, 6.07) is 28.0. The van der Waals surface area contributed by atoms with Gasteiger partial charge >= 0.3 is 0 Å². The van der Waals surface area contributed by atoms with Crippen molar-refractivity contribution < 1.29 is 5.11 Å². The molecule has 0 atom stereocenters. The molecule has 0 bridgehead atoms. The van der Waals surface area contributed by atoms with Crippen LogP contribution in [0, 0.1) is 6.92 Å². The van der Waals surface area contributed by atoms with Gasteiger partial charge in [-0.1, -0.05) is 84.9 Å². The summed E-state index contributed by atoms with van der Waals surface area (Å²) >= 11 is 0. The van der Waals surface area contributed by atoms with Crippen molar-refractivity contribution in [3.63, 3.8) is 0 Å². The molecular weight excluding hydrogens is 268 g/mol. The van der Waals surface area contributed by atoms with Crippen molar-refractivity contribution in [1.29, 1.82) is 0 Å². The Morgan fingerprint density at radius 2 is 1.14 bits per heavy atom. The van der Waals surface area contributed by atoms with E-state index in [-0.39, 0.29) is 0 Å². The third kappa shape index (κ3) is 2.81. The Bertz CT molecular complexity index is 693. The van der Waals surface area contributed by atoms with Crippen LogP contribution in [0.3, 0.4) is 0 Å². The molecule has 1 heteroatoms. The quantitative estimate of drug-likeness (QED) is 0.751. The molecule has 0 aliphatic rings. The summed E-state index contributed by atoms with van der Waals surface area (Å²) in [6.07, 6.45) is 0.563. The Morgan fingerprint density at radius 1 is 0.682 bits per heavy atom. The van der Waals surface area contributed by atoms with Gasteiger partial charge in [0.15, 0.2) is 0 Å². The van der Waals surface area contributed by atoms with E-state index in [4.69, 9.17) is 0 Å². The minimum absolute atomic E-state index is 0.563. The van der Waals surface area contributed by atoms with Crippen LogP contribution in [0.25, 0.3) is 0 Å². The highest BCUT2D eigenvalue weighted by atomic mass is 16.3. The summed E-state index contributed by atoms with van der Waals surface area (Å²) in [7, 11) is 0. The molecule has 0 saturated heterocycles. The smallest absolute Gasteiger partial charge is 0.119 e. The Labute approximate surface area is 131 Å². The van der Waals surface area contributed by atoms with Crippen LogP contribution in [0.15, 0.2) is 84.9 Å². The molecule has 22 heavy (non-hydrogen) atoms. The van der Waals surface area contributed by atoms with Gasteiger partial charge in [0.1, 0.15) is 5.60 Å². The molecule has 3 aromatic rings. The summed E-state index contributed by atoms with van der Waals surface area (Å²) in [5, 5.41) is 11.5. The molecular formula is C21H20O. The first-order chi connectivity index (χ1) is 10.7. The molecule has 3 aromatic carbocycles. The van der Waals surface area contributed by atoms with Crippen LogP contribution in [-0.4, -0.2) is 5.11 Å². The largest absolute Gasteiger partial charge is 0.380 e. The van der Waals surface area contributed by atoms with Crippen LogP contribution >= 0.6 is 0 Å². The van der Waals surface area contributed by atoms with Gasteiger partial charge in [0.05, 0.1) is 0 Å². The van der Waals surface area contributed by atoms with Crippen LogP contribution in [0.4, 0.5) is 0 Å². The van der Waals surface area contributed by atoms with E-state index in [1.165, 1.54) is 5.56 Å². The van der Waals surface area contributed by atoms with Gasteiger partial charge in [-0.05, 0) is 29.2 Å². The van der Waals surface area contributed by atoms with Crippen LogP contribution < -0.4 is 0 Å². The van der Waals surface area contributed by atoms with E-state index in [0.29, 0.717) is 6.42 Å². The fraction of sp³-hybridized carbons (Fsp3) is 0.143. The summed E-state index contributed by atoms with van der Waals surface area (Å²) < 4.78 is 0. The molecule has 0 spiro atoms. The number of hydrogen-bond acceptors (Lipinski definition) is 1. The molecule has 0 radical (unpaired) electrons. The third-order valence-corrected chi connectivity index (χ3v) is 4.21. The fourth-order valence-corrected chi connectivity index (χ4v) is 2.88. The van der Waals surface area contributed by atoms with Crippen LogP contribution in [0.5, 0.6) is 0 Å². The van der Waals surface area contributed by atoms with E-state index in [2.05, 4.69) is 19.1 Å². The molecule has 0 fully saturated rings. The van der Waals surface area contributed by atoms with Crippen molar-refractivity contribution in [2.45, 2.75) is 18.9 Å². The van der Waals surface area contributed by atoms with Crippen molar-refractivity contribution >= 4 is 0 Å². The maximum Gasteiger partial charge on any atom is 0.119 e. The van der Waals surface area contributed by atoms with Crippen molar-refractivity contribution in [2.24, 2.45) is 0 Å². The lowest BCUT2D eigenvalue weighted by Gasteiger charge is -2.30. The molecule has 0 unspecified atom stereocenters.